The Morgan fingerprint density at radius 1 is 1.35 bits per heavy atom. The van der Waals surface area contributed by atoms with Crippen LogP contribution in [0.25, 0.3) is 0 Å². The van der Waals surface area contributed by atoms with Gasteiger partial charge in [0.1, 0.15) is 4.90 Å². The number of aliphatic carboxylic acids is 1. The molecule has 0 aliphatic carbocycles. The van der Waals surface area contributed by atoms with Crippen molar-refractivity contribution >= 4 is 21.7 Å². The molecule has 20 heavy (non-hydrogen) atoms. The molecule has 0 radical (unpaired) electrons. The summed E-state index contributed by atoms with van der Waals surface area (Å²) in [5, 5.41) is 9.04. The number of carboxylic acids is 1. The van der Waals surface area contributed by atoms with E-state index in [1.807, 2.05) is 4.90 Å². The lowest BCUT2D eigenvalue weighted by Crippen LogP contribution is -2.27. The van der Waals surface area contributed by atoms with Crippen molar-refractivity contribution in [1.82, 2.24) is 4.31 Å². The first-order chi connectivity index (χ1) is 9.34. The molecule has 0 aromatic heterocycles. The highest BCUT2D eigenvalue weighted by Gasteiger charge is 2.31. The Balaban J connectivity index is 2.38. The fourth-order valence-electron chi connectivity index (χ4n) is 2.31. The van der Waals surface area contributed by atoms with Gasteiger partial charge in [-0.3, -0.25) is 4.79 Å². The van der Waals surface area contributed by atoms with Crippen LogP contribution < -0.4 is 4.90 Å². The van der Waals surface area contributed by atoms with Crippen molar-refractivity contribution in [2.75, 3.05) is 32.1 Å². The van der Waals surface area contributed by atoms with Crippen molar-refractivity contribution in [3.05, 3.63) is 24.3 Å². The number of anilines is 1. The summed E-state index contributed by atoms with van der Waals surface area (Å²) in [6.45, 7) is 0.895. The lowest BCUT2D eigenvalue weighted by molar-refractivity contribution is -0.140. The summed E-state index contributed by atoms with van der Waals surface area (Å²) in [7, 11) is -0.574. The monoisotopic (exact) mass is 298 g/mol. The summed E-state index contributed by atoms with van der Waals surface area (Å²) >= 11 is 0. The van der Waals surface area contributed by atoms with Crippen LogP contribution in [0.3, 0.4) is 0 Å². The quantitative estimate of drug-likeness (QED) is 0.891. The summed E-state index contributed by atoms with van der Waals surface area (Å²) in [5.41, 5.74) is 0.574. The zero-order chi connectivity index (χ0) is 14.9. The number of sulfonamides is 1. The Kier molecular flexibility index (Phi) is 4.01. The molecular weight excluding hydrogens is 280 g/mol. The largest absolute Gasteiger partial charge is 0.481 e. The molecule has 1 aromatic rings. The van der Waals surface area contributed by atoms with Crippen LogP contribution in [0.2, 0.25) is 0 Å². The topological polar surface area (TPSA) is 77.9 Å². The number of para-hydroxylation sites is 1. The summed E-state index contributed by atoms with van der Waals surface area (Å²) in [6, 6.07) is 6.71. The molecule has 6 nitrogen and oxygen atoms in total. The Bertz CT molecular complexity index is 613. The Labute approximate surface area is 118 Å². The number of benzene rings is 1. The Morgan fingerprint density at radius 2 is 2.00 bits per heavy atom. The van der Waals surface area contributed by atoms with Crippen molar-refractivity contribution in [1.29, 1.82) is 0 Å². The molecule has 1 fully saturated rings. The highest BCUT2D eigenvalue weighted by Crippen LogP contribution is 2.31. The number of nitrogens with zero attached hydrogens (tertiary/aromatic N) is 2. The average molecular weight is 298 g/mol. The van der Waals surface area contributed by atoms with Gasteiger partial charge in [-0.25, -0.2) is 12.7 Å². The van der Waals surface area contributed by atoms with Crippen molar-refractivity contribution in [2.45, 2.75) is 11.3 Å². The maximum absolute atomic E-state index is 12.3. The zero-order valence-corrected chi connectivity index (χ0v) is 12.3. The lowest BCUT2D eigenvalue weighted by atomic mass is 10.1. The van der Waals surface area contributed by atoms with Crippen LogP contribution in [0.1, 0.15) is 6.42 Å². The number of hydrogen-bond donors (Lipinski definition) is 1. The van der Waals surface area contributed by atoms with E-state index in [0.717, 1.165) is 4.31 Å². The summed E-state index contributed by atoms with van der Waals surface area (Å²) in [5.74, 6) is -1.27. The fraction of sp³-hybridized carbons (Fsp3) is 0.462. The second-order valence-electron chi connectivity index (χ2n) is 5.03. The van der Waals surface area contributed by atoms with Crippen molar-refractivity contribution in [3.63, 3.8) is 0 Å². The van der Waals surface area contributed by atoms with Gasteiger partial charge in [0.15, 0.2) is 0 Å². The SMILES string of the molecule is CN(C)S(=O)(=O)c1ccccc1N1CCC(C(=O)O)C1. The first-order valence-corrected chi connectivity index (χ1v) is 7.77. The third kappa shape index (κ3) is 2.64. The van der Waals surface area contributed by atoms with E-state index in [4.69, 9.17) is 5.11 Å². The molecule has 1 saturated heterocycles. The second kappa shape index (κ2) is 5.41. The number of carbonyl (C=O) groups is 1. The van der Waals surface area contributed by atoms with E-state index in [1.165, 1.54) is 14.1 Å². The highest BCUT2D eigenvalue weighted by atomic mass is 32.2. The molecule has 1 aliphatic heterocycles. The van der Waals surface area contributed by atoms with E-state index in [-0.39, 0.29) is 4.90 Å². The third-order valence-corrected chi connectivity index (χ3v) is 5.36. The molecule has 1 aromatic carbocycles. The predicted octanol–water partition coefficient (Wildman–Crippen LogP) is 0.848. The third-order valence-electron chi connectivity index (χ3n) is 3.50. The van der Waals surface area contributed by atoms with Gasteiger partial charge < -0.3 is 10.0 Å². The molecule has 0 saturated carbocycles. The normalized spacial score (nSPS) is 19.6. The summed E-state index contributed by atoms with van der Waals surface area (Å²) < 4.78 is 25.8. The van der Waals surface area contributed by atoms with Crippen molar-refractivity contribution < 1.29 is 18.3 Å². The maximum Gasteiger partial charge on any atom is 0.308 e. The van der Waals surface area contributed by atoms with Crippen LogP contribution in [0.4, 0.5) is 5.69 Å². The molecule has 1 N–H and O–H groups in total. The molecule has 2 rings (SSSR count). The molecule has 1 atom stereocenters. The van der Waals surface area contributed by atoms with E-state index in [9.17, 15) is 13.2 Å². The Hall–Kier alpha value is -1.60. The maximum atomic E-state index is 12.3. The number of carboxylic acid groups (broad SMARTS) is 1. The molecule has 0 bridgehead atoms. The van der Waals surface area contributed by atoms with Crippen LogP contribution in [0.5, 0.6) is 0 Å². The Morgan fingerprint density at radius 3 is 2.55 bits per heavy atom. The van der Waals surface area contributed by atoms with Gasteiger partial charge in [-0.15, -0.1) is 0 Å². The van der Waals surface area contributed by atoms with Crippen molar-refractivity contribution in [3.8, 4) is 0 Å². The van der Waals surface area contributed by atoms with E-state index in [1.54, 1.807) is 24.3 Å². The van der Waals surface area contributed by atoms with E-state index in [2.05, 4.69) is 0 Å². The first kappa shape index (κ1) is 14.8. The van der Waals surface area contributed by atoms with Gasteiger partial charge in [0.25, 0.3) is 0 Å². The minimum absolute atomic E-state index is 0.219. The van der Waals surface area contributed by atoms with Gasteiger partial charge in [-0.2, -0.15) is 0 Å². The van der Waals surface area contributed by atoms with E-state index in [0.29, 0.717) is 25.2 Å². The van der Waals surface area contributed by atoms with Gasteiger partial charge in [0, 0.05) is 27.2 Å². The van der Waals surface area contributed by atoms with E-state index < -0.39 is 21.9 Å². The smallest absolute Gasteiger partial charge is 0.308 e. The van der Waals surface area contributed by atoms with Gasteiger partial charge in [0.05, 0.1) is 11.6 Å². The molecule has 1 aliphatic rings. The van der Waals surface area contributed by atoms with Gasteiger partial charge in [-0.1, -0.05) is 12.1 Å². The number of rotatable bonds is 4. The van der Waals surface area contributed by atoms with Gasteiger partial charge in [-0.05, 0) is 18.6 Å². The standard InChI is InChI=1S/C13H18N2O4S/c1-14(2)20(18,19)12-6-4-3-5-11(12)15-8-7-10(9-15)13(16)17/h3-6,10H,7-9H2,1-2H3,(H,16,17). The van der Waals surface area contributed by atoms with Gasteiger partial charge >= 0.3 is 5.97 Å². The average Bonchev–Trinajstić information content (AvgIpc) is 2.88. The molecule has 0 amide bonds. The van der Waals surface area contributed by atoms with Crippen LogP contribution >= 0.6 is 0 Å². The number of hydrogen-bond acceptors (Lipinski definition) is 4. The van der Waals surface area contributed by atoms with Crippen LogP contribution in [-0.4, -0.2) is 51.0 Å². The second-order valence-corrected chi connectivity index (χ2v) is 7.15. The summed E-state index contributed by atoms with van der Waals surface area (Å²) in [4.78, 5) is 13.1. The van der Waals surface area contributed by atoms with Crippen LogP contribution in [-0.2, 0) is 14.8 Å². The molecule has 7 heteroatoms. The molecule has 110 valence electrons. The van der Waals surface area contributed by atoms with Crippen LogP contribution in [0.15, 0.2) is 29.2 Å². The van der Waals surface area contributed by atoms with Gasteiger partial charge in [0.2, 0.25) is 10.0 Å². The minimum Gasteiger partial charge on any atom is -0.481 e. The molecule has 1 heterocycles. The zero-order valence-electron chi connectivity index (χ0n) is 11.5. The molecule has 1 unspecified atom stereocenters. The lowest BCUT2D eigenvalue weighted by Gasteiger charge is -2.23. The van der Waals surface area contributed by atoms with E-state index >= 15 is 0 Å². The molecule has 0 spiro atoms. The molecular formula is C13H18N2O4S. The van der Waals surface area contributed by atoms with Crippen LogP contribution in [0, 0.1) is 5.92 Å². The summed E-state index contributed by atoms with van der Waals surface area (Å²) in [6.07, 6.45) is 0.533. The highest BCUT2D eigenvalue weighted by molar-refractivity contribution is 7.89. The fourth-order valence-corrected chi connectivity index (χ4v) is 3.42. The first-order valence-electron chi connectivity index (χ1n) is 6.33. The van der Waals surface area contributed by atoms with Crippen molar-refractivity contribution in [2.24, 2.45) is 5.92 Å². The minimum atomic E-state index is -3.54. The predicted molar refractivity (Wildman–Crippen MR) is 75.3 cm³/mol.